The lowest BCUT2D eigenvalue weighted by atomic mass is 10.1. The van der Waals surface area contributed by atoms with Gasteiger partial charge >= 0.3 is 0 Å². The van der Waals surface area contributed by atoms with Gasteiger partial charge in [0.15, 0.2) is 0 Å². The Morgan fingerprint density at radius 2 is 2.05 bits per heavy atom. The number of fused-ring (bicyclic) bond motifs is 1. The van der Waals surface area contributed by atoms with Gasteiger partial charge in [-0.15, -0.1) is 0 Å². The zero-order valence-electron chi connectivity index (χ0n) is 10.1. The second-order valence-electron chi connectivity index (χ2n) is 4.52. The van der Waals surface area contributed by atoms with Crippen LogP contribution in [-0.2, 0) is 13.1 Å². The highest BCUT2D eigenvalue weighted by Gasteiger charge is 2.25. The van der Waals surface area contributed by atoms with Crippen molar-refractivity contribution in [1.82, 2.24) is 9.47 Å². The van der Waals surface area contributed by atoms with E-state index in [1.165, 1.54) is 18.2 Å². The molecule has 0 aliphatic carbocycles. The minimum absolute atomic E-state index is 0.0378. The van der Waals surface area contributed by atoms with Gasteiger partial charge in [-0.05, 0) is 24.3 Å². The number of hydrogen-bond donors (Lipinski definition) is 0. The topological polar surface area (TPSA) is 25.2 Å². The van der Waals surface area contributed by atoms with Gasteiger partial charge in [0.1, 0.15) is 5.82 Å². The number of carbonyl (C=O) groups is 1. The Kier molecular flexibility index (Phi) is 3.03. The zero-order valence-corrected chi connectivity index (χ0v) is 10.9. The predicted molar refractivity (Wildman–Crippen MR) is 70.6 cm³/mol. The van der Waals surface area contributed by atoms with Crippen LogP contribution in [0.25, 0.3) is 0 Å². The van der Waals surface area contributed by atoms with Crippen LogP contribution >= 0.6 is 11.6 Å². The molecule has 0 radical (unpaired) electrons. The molecule has 2 heterocycles. The summed E-state index contributed by atoms with van der Waals surface area (Å²) < 4.78 is 15.8. The van der Waals surface area contributed by atoms with Crippen molar-refractivity contribution in [3.63, 3.8) is 0 Å². The van der Waals surface area contributed by atoms with Crippen molar-refractivity contribution < 1.29 is 9.18 Å². The van der Waals surface area contributed by atoms with Crippen LogP contribution in [0.4, 0.5) is 4.39 Å². The van der Waals surface area contributed by atoms with Crippen LogP contribution in [0.5, 0.6) is 0 Å². The molecule has 1 aliphatic rings. The molecule has 3 rings (SSSR count). The molecule has 1 amide bonds. The Labute approximate surface area is 115 Å². The maximum atomic E-state index is 13.8. The van der Waals surface area contributed by atoms with Gasteiger partial charge in [0.2, 0.25) is 0 Å². The molecule has 1 aromatic heterocycles. The highest BCUT2D eigenvalue weighted by molar-refractivity contribution is 6.33. The van der Waals surface area contributed by atoms with Gasteiger partial charge < -0.3 is 9.47 Å². The molecule has 19 heavy (non-hydrogen) atoms. The first-order valence-corrected chi connectivity index (χ1v) is 6.42. The highest BCUT2D eigenvalue weighted by Crippen LogP contribution is 2.23. The predicted octanol–water partition coefficient (Wildman–Crippen LogP) is 2.94. The standard InChI is InChI=1S/C14H12ClFN2O/c15-11-4-1-5-12(16)13(11)14(19)18-8-7-17-6-2-3-10(17)9-18/h1-6H,7-9H2. The molecular formula is C14H12ClFN2O. The molecule has 5 heteroatoms. The third-order valence-corrected chi connectivity index (χ3v) is 3.67. The molecule has 3 nitrogen and oxygen atoms in total. The molecular weight excluding hydrogens is 267 g/mol. The summed E-state index contributed by atoms with van der Waals surface area (Å²) in [6.45, 7) is 1.77. The average molecular weight is 279 g/mol. The Hall–Kier alpha value is -1.81. The summed E-state index contributed by atoms with van der Waals surface area (Å²) in [5.74, 6) is -0.922. The van der Waals surface area contributed by atoms with Crippen molar-refractivity contribution in [2.24, 2.45) is 0 Å². The SMILES string of the molecule is O=C(c1c(F)cccc1Cl)N1CCn2cccc2C1. The zero-order chi connectivity index (χ0) is 13.4. The normalized spacial score (nSPS) is 14.3. The van der Waals surface area contributed by atoms with Crippen LogP contribution in [-0.4, -0.2) is 21.9 Å². The number of rotatable bonds is 1. The van der Waals surface area contributed by atoms with E-state index in [4.69, 9.17) is 11.6 Å². The molecule has 0 spiro atoms. The lowest BCUT2D eigenvalue weighted by Gasteiger charge is -2.29. The quantitative estimate of drug-likeness (QED) is 0.787. The third kappa shape index (κ3) is 2.12. The van der Waals surface area contributed by atoms with Crippen LogP contribution in [0.3, 0.4) is 0 Å². The molecule has 0 atom stereocenters. The van der Waals surface area contributed by atoms with E-state index < -0.39 is 5.82 Å². The van der Waals surface area contributed by atoms with Crippen molar-refractivity contribution in [3.8, 4) is 0 Å². The molecule has 0 saturated carbocycles. The molecule has 0 N–H and O–H groups in total. The first kappa shape index (κ1) is 12.2. The second-order valence-corrected chi connectivity index (χ2v) is 4.92. The number of halogens is 2. The molecule has 0 saturated heterocycles. The van der Waals surface area contributed by atoms with Crippen LogP contribution in [0.1, 0.15) is 16.1 Å². The monoisotopic (exact) mass is 278 g/mol. The largest absolute Gasteiger partial charge is 0.348 e. The van der Waals surface area contributed by atoms with E-state index in [-0.39, 0.29) is 16.5 Å². The first-order valence-electron chi connectivity index (χ1n) is 6.04. The van der Waals surface area contributed by atoms with E-state index in [1.54, 1.807) is 4.90 Å². The molecule has 1 aliphatic heterocycles. The number of carbonyl (C=O) groups excluding carboxylic acids is 1. The molecule has 0 fully saturated rings. The number of hydrogen-bond acceptors (Lipinski definition) is 1. The fourth-order valence-electron chi connectivity index (χ4n) is 2.35. The van der Waals surface area contributed by atoms with Gasteiger partial charge in [-0.2, -0.15) is 0 Å². The molecule has 1 aromatic carbocycles. The van der Waals surface area contributed by atoms with Crippen LogP contribution in [0, 0.1) is 5.82 Å². The summed E-state index contributed by atoms with van der Waals surface area (Å²) in [6.07, 6.45) is 1.98. The smallest absolute Gasteiger partial charge is 0.258 e. The molecule has 98 valence electrons. The Morgan fingerprint density at radius 3 is 2.84 bits per heavy atom. The van der Waals surface area contributed by atoms with Gasteiger partial charge in [0, 0.05) is 25.0 Å². The van der Waals surface area contributed by atoms with E-state index in [9.17, 15) is 9.18 Å². The molecule has 2 aromatic rings. The summed E-state index contributed by atoms with van der Waals surface area (Å²) in [7, 11) is 0. The fraction of sp³-hybridized carbons (Fsp3) is 0.214. The number of amides is 1. The van der Waals surface area contributed by atoms with E-state index in [0.717, 1.165) is 12.2 Å². The van der Waals surface area contributed by atoms with E-state index in [2.05, 4.69) is 4.57 Å². The van der Waals surface area contributed by atoms with E-state index in [0.29, 0.717) is 13.1 Å². The van der Waals surface area contributed by atoms with E-state index >= 15 is 0 Å². The maximum absolute atomic E-state index is 13.8. The van der Waals surface area contributed by atoms with Gasteiger partial charge in [0.25, 0.3) is 5.91 Å². The molecule has 0 bridgehead atoms. The first-order chi connectivity index (χ1) is 9.16. The number of aromatic nitrogens is 1. The van der Waals surface area contributed by atoms with Crippen LogP contribution in [0.2, 0.25) is 5.02 Å². The van der Waals surface area contributed by atoms with Gasteiger partial charge in [-0.3, -0.25) is 4.79 Å². The van der Waals surface area contributed by atoms with E-state index in [1.807, 2.05) is 18.3 Å². The third-order valence-electron chi connectivity index (χ3n) is 3.35. The Morgan fingerprint density at radius 1 is 1.21 bits per heavy atom. The highest BCUT2D eigenvalue weighted by atomic mass is 35.5. The van der Waals surface area contributed by atoms with Crippen molar-refractivity contribution in [2.45, 2.75) is 13.1 Å². The minimum atomic E-state index is -0.571. The lowest BCUT2D eigenvalue weighted by molar-refractivity contribution is 0.0706. The summed E-state index contributed by atoms with van der Waals surface area (Å²) in [4.78, 5) is 14.0. The second kappa shape index (κ2) is 4.70. The summed E-state index contributed by atoms with van der Waals surface area (Å²) >= 11 is 5.93. The van der Waals surface area contributed by atoms with Crippen LogP contribution < -0.4 is 0 Å². The van der Waals surface area contributed by atoms with Crippen molar-refractivity contribution in [2.75, 3.05) is 6.54 Å². The van der Waals surface area contributed by atoms with Gasteiger partial charge in [0.05, 0.1) is 17.1 Å². The lowest BCUT2D eigenvalue weighted by Crippen LogP contribution is -2.38. The Bertz CT molecular complexity index is 618. The summed E-state index contributed by atoms with van der Waals surface area (Å²) in [5.41, 5.74) is 1.01. The molecule has 0 unspecified atom stereocenters. The van der Waals surface area contributed by atoms with Crippen molar-refractivity contribution in [1.29, 1.82) is 0 Å². The van der Waals surface area contributed by atoms with Gasteiger partial charge in [-0.1, -0.05) is 17.7 Å². The number of benzene rings is 1. The minimum Gasteiger partial charge on any atom is -0.348 e. The fourth-order valence-corrected chi connectivity index (χ4v) is 2.59. The average Bonchev–Trinajstić information content (AvgIpc) is 2.85. The Balaban J connectivity index is 1.90. The number of nitrogens with zero attached hydrogens (tertiary/aromatic N) is 2. The maximum Gasteiger partial charge on any atom is 0.258 e. The summed E-state index contributed by atoms with van der Waals surface area (Å²) in [5, 5.41) is 0.158. The van der Waals surface area contributed by atoms with Crippen molar-refractivity contribution >= 4 is 17.5 Å². The van der Waals surface area contributed by atoms with Crippen LogP contribution in [0.15, 0.2) is 36.5 Å². The summed E-state index contributed by atoms with van der Waals surface area (Å²) in [6, 6.07) is 8.19. The van der Waals surface area contributed by atoms with Gasteiger partial charge in [-0.25, -0.2) is 4.39 Å². The van der Waals surface area contributed by atoms with Crippen molar-refractivity contribution in [3.05, 3.63) is 58.6 Å².